The van der Waals surface area contributed by atoms with Crippen LogP contribution in [0.2, 0.25) is 0 Å². The molecule has 0 bridgehead atoms. The lowest BCUT2D eigenvalue weighted by Gasteiger charge is -2.29. The van der Waals surface area contributed by atoms with E-state index >= 15 is 0 Å². The van der Waals surface area contributed by atoms with Gasteiger partial charge in [0, 0.05) is 19.0 Å². The van der Waals surface area contributed by atoms with Crippen molar-refractivity contribution in [3.8, 4) is 0 Å². The van der Waals surface area contributed by atoms with Crippen molar-refractivity contribution in [2.75, 3.05) is 25.4 Å². The third-order valence-corrected chi connectivity index (χ3v) is 5.91. The largest absolute Gasteiger partial charge is 0.481 e. The van der Waals surface area contributed by atoms with Crippen molar-refractivity contribution >= 4 is 16.0 Å². The molecule has 1 aliphatic carbocycles. The van der Waals surface area contributed by atoms with Crippen molar-refractivity contribution < 1.29 is 18.3 Å². The number of piperidine rings is 1. The molecule has 0 aromatic heterocycles. The topological polar surface area (TPSA) is 86.7 Å². The fourth-order valence-electron chi connectivity index (χ4n) is 2.71. The van der Waals surface area contributed by atoms with Gasteiger partial charge >= 0.3 is 5.97 Å². The maximum absolute atomic E-state index is 12.4. The van der Waals surface area contributed by atoms with Crippen LogP contribution in [-0.2, 0) is 14.8 Å². The van der Waals surface area contributed by atoms with E-state index < -0.39 is 16.0 Å². The lowest BCUT2D eigenvalue weighted by molar-refractivity contribution is -0.137. The molecule has 6 nitrogen and oxygen atoms in total. The monoisotopic (exact) mass is 304 g/mol. The molecule has 20 heavy (non-hydrogen) atoms. The molecule has 2 N–H and O–H groups in total. The van der Waals surface area contributed by atoms with Crippen LogP contribution >= 0.6 is 0 Å². The van der Waals surface area contributed by atoms with Crippen molar-refractivity contribution in [3.05, 3.63) is 0 Å². The van der Waals surface area contributed by atoms with E-state index in [0.717, 1.165) is 38.8 Å². The van der Waals surface area contributed by atoms with E-state index in [0.29, 0.717) is 12.5 Å². The predicted molar refractivity (Wildman–Crippen MR) is 76.0 cm³/mol. The van der Waals surface area contributed by atoms with Gasteiger partial charge in [0.05, 0.1) is 5.75 Å². The maximum atomic E-state index is 12.4. The van der Waals surface area contributed by atoms with Crippen LogP contribution < -0.4 is 5.32 Å². The zero-order chi connectivity index (χ0) is 14.6. The molecule has 0 spiro atoms. The van der Waals surface area contributed by atoms with Crippen LogP contribution in [0.15, 0.2) is 0 Å². The van der Waals surface area contributed by atoms with Crippen molar-refractivity contribution in [2.24, 2.45) is 5.92 Å². The number of carboxylic acid groups (broad SMARTS) is 1. The fourth-order valence-corrected chi connectivity index (χ4v) is 4.56. The number of rotatable bonds is 8. The average molecular weight is 304 g/mol. The average Bonchev–Trinajstić information content (AvgIpc) is 3.20. The summed E-state index contributed by atoms with van der Waals surface area (Å²) in [5, 5.41) is 11.9. The number of hydrogen-bond acceptors (Lipinski definition) is 4. The van der Waals surface area contributed by atoms with Crippen molar-refractivity contribution in [2.45, 2.75) is 44.6 Å². The van der Waals surface area contributed by atoms with E-state index in [1.54, 1.807) is 4.31 Å². The van der Waals surface area contributed by atoms with Crippen molar-refractivity contribution in [1.29, 1.82) is 0 Å². The first-order valence-electron chi connectivity index (χ1n) is 7.41. The molecule has 1 atom stereocenters. The van der Waals surface area contributed by atoms with Crippen LogP contribution in [0.1, 0.15) is 38.5 Å². The molecular weight excluding hydrogens is 280 g/mol. The number of hydrogen-bond donors (Lipinski definition) is 2. The lowest BCUT2D eigenvalue weighted by atomic mass is 10.00. The summed E-state index contributed by atoms with van der Waals surface area (Å²) < 4.78 is 26.4. The molecule has 0 aromatic carbocycles. The quantitative estimate of drug-likeness (QED) is 0.687. The van der Waals surface area contributed by atoms with E-state index in [1.165, 1.54) is 0 Å². The molecule has 0 amide bonds. The Morgan fingerprint density at radius 3 is 2.60 bits per heavy atom. The van der Waals surface area contributed by atoms with Crippen molar-refractivity contribution in [1.82, 2.24) is 9.62 Å². The first kappa shape index (κ1) is 15.7. The normalized spacial score (nSPS) is 23.9. The Kier molecular flexibility index (Phi) is 5.40. The van der Waals surface area contributed by atoms with Crippen molar-refractivity contribution in [3.63, 3.8) is 0 Å². The predicted octanol–water partition coefficient (Wildman–Crippen LogP) is 0.645. The molecule has 1 unspecified atom stereocenters. The lowest BCUT2D eigenvalue weighted by Crippen LogP contribution is -2.43. The summed E-state index contributed by atoms with van der Waals surface area (Å²) in [7, 11) is -3.31. The summed E-state index contributed by atoms with van der Waals surface area (Å²) in [6.07, 6.45) is 4.17. The molecule has 2 fully saturated rings. The smallest absolute Gasteiger partial charge is 0.303 e. The van der Waals surface area contributed by atoms with E-state index in [2.05, 4.69) is 5.32 Å². The molecule has 1 saturated heterocycles. The van der Waals surface area contributed by atoms with Gasteiger partial charge in [0.2, 0.25) is 10.0 Å². The molecule has 116 valence electrons. The second kappa shape index (κ2) is 6.87. The summed E-state index contributed by atoms with van der Waals surface area (Å²) in [5.41, 5.74) is 0. The van der Waals surface area contributed by atoms with Gasteiger partial charge < -0.3 is 10.4 Å². The molecule has 0 aromatic rings. The van der Waals surface area contributed by atoms with Gasteiger partial charge in [0.25, 0.3) is 0 Å². The standard InChI is InChI=1S/C13H24N2O4S/c16-13(17)4-2-8-20(18,19)15(12-5-6-12)10-11-3-1-7-14-9-11/h11-12,14H,1-10H2,(H,16,17). The van der Waals surface area contributed by atoms with Gasteiger partial charge in [0.1, 0.15) is 0 Å². The second-order valence-corrected chi connectivity index (χ2v) is 7.87. The molecule has 1 aliphatic heterocycles. The summed E-state index contributed by atoms with van der Waals surface area (Å²) in [6, 6.07) is 0.159. The molecular formula is C13H24N2O4S. The van der Waals surface area contributed by atoms with Crippen LogP contribution in [0.4, 0.5) is 0 Å². The summed E-state index contributed by atoms with van der Waals surface area (Å²) in [5.74, 6) is -0.594. The first-order chi connectivity index (χ1) is 9.49. The molecule has 1 saturated carbocycles. The number of aliphatic carboxylic acids is 1. The minimum absolute atomic E-state index is 0.0457. The van der Waals surface area contributed by atoms with Gasteiger partial charge in [-0.1, -0.05) is 0 Å². The van der Waals surface area contributed by atoms with Gasteiger partial charge in [-0.15, -0.1) is 0 Å². The van der Waals surface area contributed by atoms with Gasteiger partial charge in [-0.3, -0.25) is 4.79 Å². The molecule has 2 rings (SSSR count). The third-order valence-electron chi connectivity index (χ3n) is 3.94. The fraction of sp³-hybridized carbons (Fsp3) is 0.923. The van der Waals surface area contributed by atoms with E-state index in [1.807, 2.05) is 0 Å². The number of nitrogens with one attached hydrogen (secondary N) is 1. The summed E-state index contributed by atoms with van der Waals surface area (Å²) >= 11 is 0. The highest BCUT2D eigenvalue weighted by Gasteiger charge is 2.38. The Bertz CT molecular complexity index is 428. The van der Waals surface area contributed by atoms with Gasteiger partial charge in [-0.05, 0) is 51.1 Å². The number of carbonyl (C=O) groups is 1. The minimum Gasteiger partial charge on any atom is -0.481 e. The third kappa shape index (κ3) is 4.71. The van der Waals surface area contributed by atoms with Crippen LogP contribution in [0.3, 0.4) is 0 Å². The first-order valence-corrected chi connectivity index (χ1v) is 9.02. The summed E-state index contributed by atoms with van der Waals surface area (Å²) in [6.45, 7) is 2.49. The van der Waals surface area contributed by atoms with Crippen LogP contribution in [0, 0.1) is 5.92 Å². The van der Waals surface area contributed by atoms with Gasteiger partial charge in [0.15, 0.2) is 0 Å². The Labute approximate surface area is 120 Å². The Morgan fingerprint density at radius 1 is 1.30 bits per heavy atom. The van der Waals surface area contributed by atoms with E-state index in [9.17, 15) is 13.2 Å². The molecule has 1 heterocycles. The highest BCUT2D eigenvalue weighted by molar-refractivity contribution is 7.89. The Balaban J connectivity index is 1.90. The minimum atomic E-state index is -3.31. The second-order valence-electron chi connectivity index (χ2n) is 5.83. The Morgan fingerprint density at radius 2 is 2.05 bits per heavy atom. The zero-order valence-corrected chi connectivity index (χ0v) is 12.6. The molecule has 2 aliphatic rings. The Hall–Kier alpha value is -0.660. The van der Waals surface area contributed by atoms with Gasteiger partial charge in [-0.25, -0.2) is 8.42 Å². The zero-order valence-electron chi connectivity index (χ0n) is 11.8. The maximum Gasteiger partial charge on any atom is 0.303 e. The van der Waals surface area contributed by atoms with E-state index in [4.69, 9.17) is 5.11 Å². The number of nitrogens with zero attached hydrogens (tertiary/aromatic N) is 1. The highest BCUT2D eigenvalue weighted by Crippen LogP contribution is 2.31. The summed E-state index contributed by atoms with van der Waals surface area (Å²) in [4.78, 5) is 10.5. The van der Waals surface area contributed by atoms with Gasteiger partial charge in [-0.2, -0.15) is 4.31 Å². The van der Waals surface area contributed by atoms with E-state index in [-0.39, 0.29) is 24.6 Å². The molecule has 0 radical (unpaired) electrons. The van der Waals surface area contributed by atoms with Crippen LogP contribution in [0.5, 0.6) is 0 Å². The SMILES string of the molecule is O=C(O)CCCS(=O)(=O)N(CC1CCCNC1)C1CC1. The highest BCUT2D eigenvalue weighted by atomic mass is 32.2. The molecule has 7 heteroatoms. The van der Waals surface area contributed by atoms with Crippen LogP contribution in [0.25, 0.3) is 0 Å². The number of sulfonamides is 1. The van der Waals surface area contributed by atoms with Crippen LogP contribution in [-0.4, -0.2) is 55.2 Å². The number of carboxylic acids is 1.